The summed E-state index contributed by atoms with van der Waals surface area (Å²) in [5, 5.41) is 4.05. The highest BCUT2D eigenvalue weighted by atomic mass is 19.1. The summed E-state index contributed by atoms with van der Waals surface area (Å²) in [6, 6.07) is 18.4. The number of halogens is 1. The maximum absolute atomic E-state index is 13.4. The standard InChI is InChI=1S/C25H25FN2O4/c1-3-30-23-13-12-19(15-24(23)31-4-2)25(29)28-27-16-20-9-5-6-11-22(20)32-17-18-8-7-10-21(26)14-18/h5-16H,3-4,17H2,1-2H3,(H,28,29)/b27-16+. The Labute approximate surface area is 186 Å². The number of hydrogen-bond donors (Lipinski definition) is 1. The van der Waals surface area contributed by atoms with Gasteiger partial charge in [0.05, 0.1) is 19.4 Å². The van der Waals surface area contributed by atoms with Crippen molar-refractivity contribution < 1.29 is 23.4 Å². The van der Waals surface area contributed by atoms with E-state index in [9.17, 15) is 9.18 Å². The first-order valence-electron chi connectivity index (χ1n) is 10.3. The van der Waals surface area contributed by atoms with Gasteiger partial charge in [0.2, 0.25) is 0 Å². The highest BCUT2D eigenvalue weighted by molar-refractivity contribution is 5.95. The van der Waals surface area contributed by atoms with Gasteiger partial charge in [-0.15, -0.1) is 0 Å². The fourth-order valence-electron chi connectivity index (χ4n) is 2.92. The van der Waals surface area contributed by atoms with Crippen molar-refractivity contribution in [2.75, 3.05) is 13.2 Å². The van der Waals surface area contributed by atoms with E-state index < -0.39 is 0 Å². The zero-order chi connectivity index (χ0) is 22.8. The number of hydrazone groups is 1. The van der Waals surface area contributed by atoms with E-state index in [0.717, 1.165) is 0 Å². The maximum Gasteiger partial charge on any atom is 0.271 e. The zero-order valence-corrected chi connectivity index (χ0v) is 18.0. The molecule has 0 aliphatic heterocycles. The van der Waals surface area contributed by atoms with Gasteiger partial charge in [-0.3, -0.25) is 4.79 Å². The number of benzene rings is 3. The van der Waals surface area contributed by atoms with Gasteiger partial charge in [-0.1, -0.05) is 24.3 Å². The molecule has 0 aliphatic carbocycles. The summed E-state index contributed by atoms with van der Waals surface area (Å²) < 4.78 is 30.2. The average molecular weight is 436 g/mol. The van der Waals surface area contributed by atoms with E-state index >= 15 is 0 Å². The third-order valence-corrected chi connectivity index (χ3v) is 4.38. The van der Waals surface area contributed by atoms with Crippen LogP contribution in [0.25, 0.3) is 0 Å². The molecule has 0 aromatic heterocycles. The van der Waals surface area contributed by atoms with Crippen LogP contribution in [-0.4, -0.2) is 25.3 Å². The average Bonchev–Trinajstić information content (AvgIpc) is 2.80. The fourth-order valence-corrected chi connectivity index (χ4v) is 2.92. The van der Waals surface area contributed by atoms with Gasteiger partial charge < -0.3 is 14.2 Å². The van der Waals surface area contributed by atoms with E-state index in [2.05, 4.69) is 10.5 Å². The van der Waals surface area contributed by atoms with Crippen LogP contribution in [0.4, 0.5) is 4.39 Å². The number of ether oxygens (including phenoxy) is 3. The third-order valence-electron chi connectivity index (χ3n) is 4.38. The second-order valence-electron chi connectivity index (χ2n) is 6.68. The first kappa shape index (κ1) is 22.8. The minimum atomic E-state index is -0.386. The Hall–Kier alpha value is -3.87. The Bertz CT molecular complexity index is 1090. The quantitative estimate of drug-likeness (QED) is 0.360. The van der Waals surface area contributed by atoms with Gasteiger partial charge in [0.25, 0.3) is 5.91 Å². The van der Waals surface area contributed by atoms with E-state index in [-0.39, 0.29) is 18.3 Å². The Morgan fingerprint density at radius 3 is 2.47 bits per heavy atom. The van der Waals surface area contributed by atoms with Gasteiger partial charge in [-0.25, -0.2) is 9.82 Å². The monoisotopic (exact) mass is 436 g/mol. The largest absolute Gasteiger partial charge is 0.490 e. The molecule has 166 valence electrons. The molecular weight excluding hydrogens is 411 g/mol. The van der Waals surface area contributed by atoms with E-state index in [1.165, 1.54) is 18.3 Å². The number of rotatable bonds is 10. The van der Waals surface area contributed by atoms with Crippen LogP contribution in [0.5, 0.6) is 17.2 Å². The van der Waals surface area contributed by atoms with Crippen molar-refractivity contribution >= 4 is 12.1 Å². The lowest BCUT2D eigenvalue weighted by Crippen LogP contribution is -2.18. The molecule has 0 saturated heterocycles. The Morgan fingerprint density at radius 2 is 1.69 bits per heavy atom. The van der Waals surface area contributed by atoms with Gasteiger partial charge in [0, 0.05) is 11.1 Å². The molecular formula is C25H25FN2O4. The van der Waals surface area contributed by atoms with Crippen molar-refractivity contribution in [2.45, 2.75) is 20.5 Å². The molecule has 1 N–H and O–H groups in total. The van der Waals surface area contributed by atoms with Gasteiger partial charge in [-0.2, -0.15) is 5.10 Å². The molecule has 0 spiro atoms. The SMILES string of the molecule is CCOc1ccc(C(=O)N/N=C/c2ccccc2OCc2cccc(F)c2)cc1OCC. The summed E-state index contributed by atoms with van der Waals surface area (Å²) in [6.07, 6.45) is 1.50. The molecule has 0 aliphatic rings. The molecule has 0 saturated carbocycles. The van der Waals surface area contributed by atoms with Crippen LogP contribution >= 0.6 is 0 Å². The molecule has 0 atom stereocenters. The summed E-state index contributed by atoms with van der Waals surface area (Å²) in [5.41, 5.74) is 4.28. The lowest BCUT2D eigenvalue weighted by atomic mass is 10.2. The lowest BCUT2D eigenvalue weighted by Gasteiger charge is -2.12. The molecule has 0 heterocycles. The van der Waals surface area contributed by atoms with Crippen molar-refractivity contribution in [1.82, 2.24) is 5.43 Å². The molecule has 32 heavy (non-hydrogen) atoms. The highest BCUT2D eigenvalue weighted by Gasteiger charge is 2.11. The van der Waals surface area contributed by atoms with Crippen LogP contribution in [-0.2, 0) is 6.61 Å². The maximum atomic E-state index is 13.4. The van der Waals surface area contributed by atoms with Crippen LogP contribution < -0.4 is 19.6 Å². The second-order valence-corrected chi connectivity index (χ2v) is 6.68. The van der Waals surface area contributed by atoms with Crippen LogP contribution in [0.1, 0.15) is 35.3 Å². The Balaban J connectivity index is 1.65. The molecule has 7 heteroatoms. The number of nitrogens with one attached hydrogen (secondary N) is 1. The number of carbonyl (C=O) groups excluding carboxylic acids is 1. The van der Waals surface area contributed by atoms with Gasteiger partial charge in [-0.05, 0) is 61.9 Å². The van der Waals surface area contributed by atoms with Gasteiger partial charge in [0.15, 0.2) is 11.5 Å². The van der Waals surface area contributed by atoms with Crippen LogP contribution in [0.2, 0.25) is 0 Å². The smallest absolute Gasteiger partial charge is 0.271 e. The van der Waals surface area contributed by atoms with Crippen LogP contribution in [0.15, 0.2) is 71.8 Å². The minimum absolute atomic E-state index is 0.210. The Morgan fingerprint density at radius 1 is 0.906 bits per heavy atom. The van der Waals surface area contributed by atoms with Gasteiger partial charge >= 0.3 is 0 Å². The lowest BCUT2D eigenvalue weighted by molar-refractivity contribution is 0.0954. The van der Waals surface area contributed by atoms with Crippen molar-refractivity contribution in [3.63, 3.8) is 0 Å². The Kier molecular flexibility index (Phi) is 8.20. The summed E-state index contributed by atoms with van der Waals surface area (Å²) >= 11 is 0. The molecule has 0 radical (unpaired) electrons. The van der Waals surface area contributed by atoms with E-state index in [1.807, 2.05) is 26.0 Å². The zero-order valence-electron chi connectivity index (χ0n) is 18.0. The third kappa shape index (κ3) is 6.31. The van der Waals surface area contributed by atoms with E-state index in [1.54, 1.807) is 42.5 Å². The molecule has 1 amide bonds. The molecule has 0 fully saturated rings. The normalized spacial score (nSPS) is 10.7. The predicted molar refractivity (Wildman–Crippen MR) is 121 cm³/mol. The van der Waals surface area contributed by atoms with Crippen molar-refractivity contribution in [3.8, 4) is 17.2 Å². The number of amides is 1. The molecule has 6 nitrogen and oxygen atoms in total. The molecule has 3 rings (SSSR count). The fraction of sp³-hybridized carbons (Fsp3) is 0.200. The van der Waals surface area contributed by atoms with Crippen molar-refractivity contribution in [1.29, 1.82) is 0 Å². The van der Waals surface area contributed by atoms with Crippen LogP contribution in [0, 0.1) is 5.82 Å². The second kappa shape index (κ2) is 11.5. The van der Waals surface area contributed by atoms with E-state index in [4.69, 9.17) is 14.2 Å². The first-order valence-corrected chi connectivity index (χ1v) is 10.3. The minimum Gasteiger partial charge on any atom is -0.490 e. The number of para-hydroxylation sites is 1. The van der Waals surface area contributed by atoms with Crippen molar-refractivity contribution in [3.05, 3.63) is 89.2 Å². The molecule has 0 unspecified atom stereocenters. The van der Waals surface area contributed by atoms with Gasteiger partial charge in [0.1, 0.15) is 18.2 Å². The molecule has 3 aromatic carbocycles. The van der Waals surface area contributed by atoms with E-state index in [0.29, 0.717) is 47.2 Å². The number of nitrogens with zero attached hydrogens (tertiary/aromatic N) is 1. The topological polar surface area (TPSA) is 69.2 Å². The summed E-state index contributed by atoms with van der Waals surface area (Å²) in [7, 11) is 0. The summed E-state index contributed by atoms with van der Waals surface area (Å²) in [5.74, 6) is 0.948. The predicted octanol–water partition coefficient (Wildman–Crippen LogP) is 4.97. The van der Waals surface area contributed by atoms with Crippen LogP contribution in [0.3, 0.4) is 0 Å². The summed E-state index contributed by atoms with van der Waals surface area (Å²) in [6.45, 7) is 4.90. The first-order chi connectivity index (χ1) is 15.6. The highest BCUT2D eigenvalue weighted by Crippen LogP contribution is 2.28. The molecule has 3 aromatic rings. The number of hydrogen-bond acceptors (Lipinski definition) is 5. The molecule has 0 bridgehead atoms. The number of carbonyl (C=O) groups is 1. The summed E-state index contributed by atoms with van der Waals surface area (Å²) in [4.78, 5) is 12.5. The van der Waals surface area contributed by atoms with Crippen molar-refractivity contribution in [2.24, 2.45) is 5.10 Å².